The number of hydrogen-bond acceptors (Lipinski definition) is 6. The van der Waals surface area contributed by atoms with Crippen molar-refractivity contribution in [1.29, 1.82) is 0 Å². The van der Waals surface area contributed by atoms with Crippen LogP contribution in [0.1, 0.15) is 27.6 Å². The van der Waals surface area contributed by atoms with Crippen LogP contribution in [0.15, 0.2) is 54.9 Å². The molecule has 3 aromatic rings. The van der Waals surface area contributed by atoms with Gasteiger partial charge in [0.1, 0.15) is 0 Å². The minimum Gasteiger partial charge on any atom is -0.493 e. The van der Waals surface area contributed by atoms with Gasteiger partial charge in [-0.1, -0.05) is 18.2 Å². The number of carbonyl (C=O) groups excluding carboxylic acids is 2. The molecule has 0 saturated heterocycles. The first-order valence-corrected chi connectivity index (χ1v) is 9.14. The molecule has 0 aliphatic heterocycles. The van der Waals surface area contributed by atoms with Crippen molar-refractivity contribution in [3.63, 3.8) is 0 Å². The van der Waals surface area contributed by atoms with E-state index in [1.54, 1.807) is 42.6 Å². The van der Waals surface area contributed by atoms with Crippen LogP contribution < -0.4 is 19.5 Å². The zero-order valence-electron chi connectivity index (χ0n) is 17.2. The highest BCUT2D eigenvalue weighted by Gasteiger charge is 2.16. The molecule has 1 aromatic heterocycles. The van der Waals surface area contributed by atoms with E-state index in [1.807, 2.05) is 6.07 Å². The number of nitrogens with one attached hydrogen (secondary N) is 1. The van der Waals surface area contributed by atoms with Crippen LogP contribution in [-0.2, 0) is 0 Å². The number of amides is 1. The fourth-order valence-corrected chi connectivity index (χ4v) is 3.00. The smallest absolute Gasteiger partial charge is 0.257 e. The third-order valence-corrected chi connectivity index (χ3v) is 4.53. The van der Waals surface area contributed by atoms with Gasteiger partial charge in [0.2, 0.25) is 5.75 Å². The molecule has 0 spiro atoms. The zero-order chi connectivity index (χ0) is 21.7. The van der Waals surface area contributed by atoms with E-state index in [9.17, 15) is 9.59 Å². The van der Waals surface area contributed by atoms with Gasteiger partial charge in [0.05, 0.1) is 26.9 Å². The summed E-state index contributed by atoms with van der Waals surface area (Å²) in [5, 5.41) is 2.82. The predicted octanol–water partition coefficient (Wildman–Crippen LogP) is 4.23. The zero-order valence-corrected chi connectivity index (χ0v) is 17.2. The van der Waals surface area contributed by atoms with Crippen LogP contribution in [0.4, 0.5) is 5.69 Å². The van der Waals surface area contributed by atoms with Crippen LogP contribution in [-0.4, -0.2) is 38.0 Å². The van der Waals surface area contributed by atoms with E-state index >= 15 is 0 Å². The third-order valence-electron chi connectivity index (χ3n) is 4.53. The van der Waals surface area contributed by atoms with Crippen molar-refractivity contribution in [3.05, 3.63) is 66.0 Å². The molecule has 0 bridgehead atoms. The number of nitrogens with zero attached hydrogens (tertiary/aromatic N) is 1. The van der Waals surface area contributed by atoms with E-state index in [-0.39, 0.29) is 11.7 Å². The number of ketones is 1. The number of hydrogen-bond donors (Lipinski definition) is 1. The molecule has 0 aliphatic carbocycles. The van der Waals surface area contributed by atoms with Crippen LogP contribution in [0.25, 0.3) is 11.1 Å². The molecule has 0 aliphatic rings. The Morgan fingerprint density at radius 2 is 1.50 bits per heavy atom. The van der Waals surface area contributed by atoms with Crippen molar-refractivity contribution in [2.45, 2.75) is 6.92 Å². The lowest BCUT2D eigenvalue weighted by atomic mass is 10.0. The predicted molar refractivity (Wildman–Crippen MR) is 114 cm³/mol. The Hall–Kier alpha value is -3.87. The maximum absolute atomic E-state index is 12.8. The van der Waals surface area contributed by atoms with E-state index in [1.165, 1.54) is 34.4 Å². The third kappa shape index (κ3) is 4.41. The maximum atomic E-state index is 12.8. The molecule has 154 valence electrons. The van der Waals surface area contributed by atoms with Gasteiger partial charge in [-0.15, -0.1) is 0 Å². The number of aromatic nitrogens is 1. The van der Waals surface area contributed by atoms with Crippen LogP contribution in [0.2, 0.25) is 0 Å². The summed E-state index contributed by atoms with van der Waals surface area (Å²) in [6, 6.07) is 12.2. The summed E-state index contributed by atoms with van der Waals surface area (Å²) in [6.07, 6.45) is 3.13. The SMILES string of the molecule is COc1cc(NC(=O)c2cncc(-c3cccc(C(C)=O)c3)c2)cc(OC)c1OC. The Balaban J connectivity index is 1.89. The first kappa shape index (κ1) is 20.9. The van der Waals surface area contributed by atoms with Gasteiger partial charge >= 0.3 is 0 Å². The molecule has 7 nitrogen and oxygen atoms in total. The summed E-state index contributed by atoms with van der Waals surface area (Å²) in [5.74, 6) is 0.926. The molecule has 0 unspecified atom stereocenters. The minimum absolute atomic E-state index is 0.0268. The first-order valence-electron chi connectivity index (χ1n) is 9.14. The van der Waals surface area contributed by atoms with Crippen molar-refractivity contribution in [1.82, 2.24) is 4.98 Å². The van der Waals surface area contributed by atoms with Crippen molar-refractivity contribution in [3.8, 4) is 28.4 Å². The fraction of sp³-hybridized carbons (Fsp3) is 0.174. The van der Waals surface area contributed by atoms with Gasteiger partial charge in [-0.25, -0.2) is 0 Å². The van der Waals surface area contributed by atoms with E-state index in [0.29, 0.717) is 34.1 Å². The lowest BCUT2D eigenvalue weighted by Crippen LogP contribution is -2.12. The Morgan fingerprint density at radius 3 is 2.10 bits per heavy atom. The van der Waals surface area contributed by atoms with Crippen molar-refractivity contribution in [2.24, 2.45) is 0 Å². The maximum Gasteiger partial charge on any atom is 0.257 e. The number of Topliss-reactive ketones (excluding diaryl/α,β-unsaturated/α-hetero) is 1. The largest absolute Gasteiger partial charge is 0.493 e. The van der Waals surface area contributed by atoms with Crippen LogP contribution >= 0.6 is 0 Å². The molecule has 30 heavy (non-hydrogen) atoms. The van der Waals surface area contributed by atoms with Gasteiger partial charge in [0.25, 0.3) is 5.91 Å². The Morgan fingerprint density at radius 1 is 0.833 bits per heavy atom. The fourth-order valence-electron chi connectivity index (χ4n) is 3.00. The summed E-state index contributed by atoms with van der Waals surface area (Å²) in [4.78, 5) is 28.6. The molecule has 3 rings (SSSR count). The number of rotatable bonds is 7. The molecule has 1 N–H and O–H groups in total. The topological polar surface area (TPSA) is 86.8 Å². The summed E-state index contributed by atoms with van der Waals surface area (Å²) in [7, 11) is 4.52. The van der Waals surface area contributed by atoms with Crippen molar-refractivity contribution >= 4 is 17.4 Å². The second kappa shape index (κ2) is 9.09. The van der Waals surface area contributed by atoms with Gasteiger partial charge in [-0.3, -0.25) is 14.6 Å². The Kier molecular flexibility index (Phi) is 6.32. The van der Waals surface area contributed by atoms with Crippen LogP contribution in [0.3, 0.4) is 0 Å². The summed E-state index contributed by atoms with van der Waals surface area (Å²) in [6.45, 7) is 1.51. The number of ether oxygens (including phenoxy) is 3. The molecule has 0 saturated carbocycles. The van der Waals surface area contributed by atoms with E-state index in [4.69, 9.17) is 14.2 Å². The van der Waals surface area contributed by atoms with Gasteiger partial charge in [0, 0.05) is 41.3 Å². The number of benzene rings is 2. The van der Waals surface area contributed by atoms with Crippen LogP contribution in [0, 0.1) is 0 Å². The molecule has 2 aromatic carbocycles. The molecular formula is C23H22N2O5. The quantitative estimate of drug-likeness (QED) is 0.591. The standard InChI is InChI=1S/C23H22N2O5/c1-14(26)15-6-5-7-16(8-15)17-9-18(13-24-12-17)23(27)25-19-10-20(28-2)22(30-4)21(11-19)29-3/h5-13H,1-4H3,(H,25,27). The van der Waals surface area contributed by atoms with Crippen LogP contribution in [0.5, 0.6) is 17.2 Å². The summed E-state index contributed by atoms with van der Waals surface area (Å²) in [5.41, 5.74) is 2.99. The van der Waals surface area contributed by atoms with Gasteiger partial charge in [-0.2, -0.15) is 0 Å². The van der Waals surface area contributed by atoms with Gasteiger partial charge in [-0.05, 0) is 24.6 Å². The minimum atomic E-state index is -0.346. The van der Waals surface area contributed by atoms with Crippen molar-refractivity contribution < 1.29 is 23.8 Å². The number of carbonyl (C=O) groups is 2. The van der Waals surface area contributed by atoms with Gasteiger partial charge in [0.15, 0.2) is 17.3 Å². The highest BCUT2D eigenvalue weighted by Crippen LogP contribution is 2.40. The molecule has 1 heterocycles. The monoisotopic (exact) mass is 406 g/mol. The number of methoxy groups -OCH3 is 3. The average molecular weight is 406 g/mol. The summed E-state index contributed by atoms with van der Waals surface area (Å²) < 4.78 is 15.9. The average Bonchev–Trinajstić information content (AvgIpc) is 2.78. The summed E-state index contributed by atoms with van der Waals surface area (Å²) >= 11 is 0. The van der Waals surface area contributed by atoms with Gasteiger partial charge < -0.3 is 19.5 Å². The molecule has 1 amide bonds. The Labute approximate surface area is 174 Å². The number of anilines is 1. The molecule has 0 fully saturated rings. The molecular weight excluding hydrogens is 384 g/mol. The molecule has 7 heteroatoms. The molecule has 0 radical (unpaired) electrons. The number of pyridine rings is 1. The lowest BCUT2D eigenvalue weighted by molar-refractivity contribution is 0.101. The van der Waals surface area contributed by atoms with E-state index < -0.39 is 0 Å². The second-order valence-corrected chi connectivity index (χ2v) is 6.47. The van der Waals surface area contributed by atoms with E-state index in [2.05, 4.69) is 10.3 Å². The normalized spacial score (nSPS) is 10.3. The molecule has 0 atom stereocenters. The Bertz CT molecular complexity index is 1070. The second-order valence-electron chi connectivity index (χ2n) is 6.47. The highest BCUT2D eigenvalue weighted by atomic mass is 16.5. The van der Waals surface area contributed by atoms with E-state index in [0.717, 1.165) is 11.1 Å². The van der Waals surface area contributed by atoms with Crippen molar-refractivity contribution in [2.75, 3.05) is 26.6 Å². The first-order chi connectivity index (χ1) is 14.5. The lowest BCUT2D eigenvalue weighted by Gasteiger charge is -2.14. The highest BCUT2D eigenvalue weighted by molar-refractivity contribution is 6.05.